The van der Waals surface area contributed by atoms with E-state index in [0.29, 0.717) is 6.42 Å². The number of nitrogens with zero attached hydrogens (tertiary/aromatic N) is 1. The summed E-state index contributed by atoms with van der Waals surface area (Å²) in [5, 5.41) is 3.71. The molecule has 1 aromatic heterocycles. The Balaban J connectivity index is 2.96. The smallest absolute Gasteiger partial charge is 0.145 e. The highest BCUT2D eigenvalue weighted by Gasteiger charge is 2.23. The Morgan fingerprint density at radius 3 is 2.62 bits per heavy atom. The van der Waals surface area contributed by atoms with Gasteiger partial charge in [-0.05, 0) is 6.92 Å². The molecule has 1 aromatic rings. The highest BCUT2D eigenvalue weighted by Crippen LogP contribution is 2.25. The van der Waals surface area contributed by atoms with E-state index in [1.165, 1.54) is 0 Å². The molecule has 0 unspecified atom stereocenters. The summed E-state index contributed by atoms with van der Waals surface area (Å²) < 4.78 is 5.13. The number of aromatic nitrogens is 1. The number of hydrogen-bond donors (Lipinski definition) is 0. The third-order valence-corrected chi connectivity index (χ3v) is 1.76. The number of Topliss-reactive ketones (excluding diaryl/α,β-unsaturated/α-hetero) is 1. The number of carbonyl (C=O) groups excluding carboxylic acids is 1. The van der Waals surface area contributed by atoms with Crippen LogP contribution in [0.25, 0.3) is 0 Å². The summed E-state index contributed by atoms with van der Waals surface area (Å²) in [5.41, 5.74) is 0.821. The Morgan fingerprint density at radius 1 is 1.54 bits per heavy atom. The second-order valence-electron chi connectivity index (χ2n) is 4.31. The van der Waals surface area contributed by atoms with Gasteiger partial charge in [-0.15, -0.1) is 0 Å². The Bertz CT molecular complexity index is 307. The minimum Gasteiger partial charge on any atom is -0.361 e. The van der Waals surface area contributed by atoms with Crippen LogP contribution in [0.2, 0.25) is 0 Å². The molecule has 0 aliphatic heterocycles. The van der Waals surface area contributed by atoms with Gasteiger partial charge in [0.25, 0.3) is 0 Å². The Hall–Kier alpha value is -1.12. The van der Waals surface area contributed by atoms with E-state index >= 15 is 0 Å². The van der Waals surface area contributed by atoms with Gasteiger partial charge in [0.2, 0.25) is 0 Å². The lowest BCUT2D eigenvalue weighted by Gasteiger charge is -2.15. The van der Waals surface area contributed by atoms with E-state index in [2.05, 4.69) is 5.16 Å². The van der Waals surface area contributed by atoms with Gasteiger partial charge >= 0.3 is 0 Å². The average molecular weight is 181 g/mol. The first-order valence-corrected chi connectivity index (χ1v) is 4.34. The van der Waals surface area contributed by atoms with Gasteiger partial charge in [0.15, 0.2) is 0 Å². The molecule has 0 aliphatic carbocycles. The summed E-state index contributed by atoms with van der Waals surface area (Å²) in [4.78, 5) is 10.9. The molecule has 0 aliphatic rings. The molecule has 0 amide bonds. The van der Waals surface area contributed by atoms with E-state index < -0.39 is 0 Å². The zero-order valence-corrected chi connectivity index (χ0v) is 8.55. The number of ketones is 1. The summed E-state index contributed by atoms with van der Waals surface area (Å²) >= 11 is 0. The lowest BCUT2D eigenvalue weighted by molar-refractivity contribution is -0.116. The van der Waals surface area contributed by atoms with Crippen LogP contribution in [0.15, 0.2) is 10.7 Å². The maximum absolute atomic E-state index is 10.9. The molecule has 0 saturated heterocycles. The predicted molar refractivity (Wildman–Crippen MR) is 49.6 cm³/mol. The average Bonchev–Trinajstić information content (AvgIpc) is 2.31. The quantitative estimate of drug-likeness (QED) is 0.701. The molecule has 0 fully saturated rings. The van der Waals surface area contributed by atoms with E-state index in [4.69, 9.17) is 4.52 Å². The van der Waals surface area contributed by atoms with Crippen molar-refractivity contribution < 1.29 is 9.32 Å². The molecular formula is C10H15NO2. The van der Waals surface area contributed by atoms with Crippen LogP contribution < -0.4 is 0 Å². The normalized spacial score (nSPS) is 11.7. The van der Waals surface area contributed by atoms with Crippen LogP contribution in [0.4, 0.5) is 0 Å². The fraction of sp³-hybridized carbons (Fsp3) is 0.600. The lowest BCUT2D eigenvalue weighted by atomic mass is 9.89. The molecule has 0 N–H and O–H groups in total. The zero-order valence-electron chi connectivity index (χ0n) is 8.55. The third-order valence-electron chi connectivity index (χ3n) is 1.76. The summed E-state index contributed by atoms with van der Waals surface area (Å²) in [6.45, 7) is 7.69. The van der Waals surface area contributed by atoms with Crippen LogP contribution in [-0.2, 0) is 16.6 Å². The van der Waals surface area contributed by atoms with Crippen molar-refractivity contribution in [3.05, 3.63) is 17.5 Å². The van der Waals surface area contributed by atoms with Gasteiger partial charge in [0.05, 0.1) is 6.20 Å². The van der Waals surface area contributed by atoms with E-state index in [1.807, 2.05) is 20.8 Å². The van der Waals surface area contributed by atoms with E-state index in [-0.39, 0.29) is 11.2 Å². The maximum Gasteiger partial charge on any atom is 0.145 e. The Kier molecular flexibility index (Phi) is 2.55. The SMILES string of the molecule is CC(=O)Cc1cnoc1C(C)(C)C. The Labute approximate surface area is 78.1 Å². The lowest BCUT2D eigenvalue weighted by Crippen LogP contribution is -2.13. The molecule has 0 atom stereocenters. The second-order valence-corrected chi connectivity index (χ2v) is 4.31. The molecular weight excluding hydrogens is 166 g/mol. The fourth-order valence-corrected chi connectivity index (χ4v) is 1.27. The first-order chi connectivity index (χ1) is 5.91. The highest BCUT2D eigenvalue weighted by molar-refractivity contribution is 5.78. The molecule has 13 heavy (non-hydrogen) atoms. The molecule has 0 aromatic carbocycles. The van der Waals surface area contributed by atoms with Crippen molar-refractivity contribution in [3.63, 3.8) is 0 Å². The van der Waals surface area contributed by atoms with Crippen LogP contribution in [0.5, 0.6) is 0 Å². The maximum atomic E-state index is 10.9. The van der Waals surface area contributed by atoms with Crippen LogP contribution in [0.3, 0.4) is 0 Å². The van der Waals surface area contributed by atoms with Gasteiger partial charge in [-0.25, -0.2) is 0 Å². The highest BCUT2D eigenvalue weighted by atomic mass is 16.5. The molecule has 3 heteroatoms. The van der Waals surface area contributed by atoms with Gasteiger partial charge in [-0.3, -0.25) is 4.79 Å². The third kappa shape index (κ3) is 2.41. The summed E-state index contributed by atoms with van der Waals surface area (Å²) in [6.07, 6.45) is 2.04. The zero-order chi connectivity index (χ0) is 10.1. The van der Waals surface area contributed by atoms with Gasteiger partial charge in [-0.1, -0.05) is 25.9 Å². The van der Waals surface area contributed by atoms with Crippen LogP contribution in [0, 0.1) is 0 Å². The standard InChI is InChI=1S/C10H15NO2/c1-7(12)5-8-6-11-13-9(8)10(2,3)4/h6H,5H2,1-4H3. The molecule has 1 heterocycles. The van der Waals surface area contributed by atoms with E-state index in [1.54, 1.807) is 13.1 Å². The van der Waals surface area contributed by atoms with Crippen molar-refractivity contribution in [3.8, 4) is 0 Å². The molecule has 1 rings (SSSR count). The predicted octanol–water partition coefficient (Wildman–Crippen LogP) is 2.10. The fourth-order valence-electron chi connectivity index (χ4n) is 1.27. The van der Waals surface area contributed by atoms with Crippen LogP contribution >= 0.6 is 0 Å². The van der Waals surface area contributed by atoms with Gasteiger partial charge in [-0.2, -0.15) is 0 Å². The molecule has 72 valence electrons. The van der Waals surface area contributed by atoms with Crippen molar-refractivity contribution in [2.24, 2.45) is 0 Å². The van der Waals surface area contributed by atoms with Gasteiger partial charge < -0.3 is 4.52 Å². The summed E-state index contributed by atoms with van der Waals surface area (Å²) in [7, 11) is 0. The second kappa shape index (κ2) is 3.32. The van der Waals surface area contributed by atoms with Crippen molar-refractivity contribution >= 4 is 5.78 Å². The first kappa shape index (κ1) is 9.96. The molecule has 0 radical (unpaired) electrons. The van der Waals surface area contributed by atoms with E-state index in [9.17, 15) is 4.79 Å². The number of rotatable bonds is 2. The van der Waals surface area contributed by atoms with Crippen LogP contribution in [0.1, 0.15) is 39.0 Å². The van der Waals surface area contributed by atoms with Crippen LogP contribution in [-0.4, -0.2) is 10.9 Å². The minimum atomic E-state index is -0.0821. The topological polar surface area (TPSA) is 43.1 Å². The molecule has 0 bridgehead atoms. The monoisotopic (exact) mass is 181 g/mol. The van der Waals surface area contributed by atoms with Crippen molar-refractivity contribution in [2.75, 3.05) is 0 Å². The van der Waals surface area contributed by atoms with E-state index in [0.717, 1.165) is 11.3 Å². The summed E-state index contributed by atoms with van der Waals surface area (Å²) in [5.74, 6) is 0.941. The van der Waals surface area contributed by atoms with Crippen molar-refractivity contribution in [1.82, 2.24) is 5.16 Å². The Morgan fingerprint density at radius 2 is 2.15 bits per heavy atom. The first-order valence-electron chi connectivity index (χ1n) is 4.34. The number of hydrogen-bond acceptors (Lipinski definition) is 3. The van der Waals surface area contributed by atoms with Crippen molar-refractivity contribution in [2.45, 2.75) is 39.5 Å². The summed E-state index contributed by atoms with van der Waals surface area (Å²) in [6, 6.07) is 0. The molecule has 0 spiro atoms. The van der Waals surface area contributed by atoms with Crippen molar-refractivity contribution in [1.29, 1.82) is 0 Å². The van der Waals surface area contributed by atoms with Gasteiger partial charge in [0, 0.05) is 17.4 Å². The largest absolute Gasteiger partial charge is 0.361 e. The van der Waals surface area contributed by atoms with Gasteiger partial charge in [0.1, 0.15) is 11.5 Å². The minimum absolute atomic E-state index is 0.0821. The number of carbonyl (C=O) groups is 1. The molecule has 0 saturated carbocycles. The molecule has 3 nitrogen and oxygen atoms in total.